The maximum atomic E-state index is 11.9. The second-order valence-corrected chi connectivity index (χ2v) is 7.84. The molecule has 12 heteroatoms. The molecule has 2 heterocycles. The molecule has 124 valence electrons. The minimum absolute atomic E-state index is 0.0152. The molecule has 0 unspecified atom stereocenters. The normalized spacial score (nSPS) is 21.0. The Kier molecular flexibility index (Phi) is 5.00. The Balaban J connectivity index is 1.81. The van der Waals surface area contributed by atoms with Gasteiger partial charge in [-0.2, -0.15) is 13.2 Å². The van der Waals surface area contributed by atoms with Crippen molar-refractivity contribution >= 4 is 27.5 Å². The molecule has 22 heavy (non-hydrogen) atoms. The van der Waals surface area contributed by atoms with Gasteiger partial charge in [-0.25, -0.2) is 8.42 Å². The number of nitrogens with zero attached hydrogens (tertiary/aromatic N) is 2. The maximum Gasteiger partial charge on any atom is 0.405 e. The van der Waals surface area contributed by atoms with E-state index in [0.29, 0.717) is 6.42 Å². The molecule has 0 spiro atoms. The molecule has 2 rings (SSSR count). The summed E-state index contributed by atoms with van der Waals surface area (Å²) in [7, 11) is -3.09. The Morgan fingerprint density at radius 2 is 2.14 bits per heavy atom. The molecule has 0 bridgehead atoms. The highest BCUT2D eigenvalue weighted by Crippen LogP contribution is 2.29. The molecule has 0 saturated carbocycles. The first-order valence-corrected chi connectivity index (χ1v) is 8.95. The molecule has 1 aliphatic heterocycles. The number of sulfone groups is 1. The third-order valence-electron chi connectivity index (χ3n) is 2.82. The topological polar surface area (TPSA) is 102 Å². The van der Waals surface area contributed by atoms with Gasteiger partial charge < -0.3 is 9.73 Å². The van der Waals surface area contributed by atoms with Crippen molar-refractivity contribution in [2.45, 2.75) is 23.7 Å². The van der Waals surface area contributed by atoms with Crippen molar-refractivity contribution in [1.82, 2.24) is 15.5 Å². The highest BCUT2D eigenvalue weighted by molar-refractivity contribution is 7.99. The van der Waals surface area contributed by atoms with Crippen LogP contribution in [-0.2, 0) is 14.6 Å². The molecule has 0 aromatic carbocycles. The number of nitrogens with one attached hydrogen (secondary N) is 1. The van der Waals surface area contributed by atoms with Crippen molar-refractivity contribution in [3.8, 4) is 0 Å². The van der Waals surface area contributed by atoms with E-state index in [-0.39, 0.29) is 34.3 Å². The van der Waals surface area contributed by atoms with Crippen LogP contribution < -0.4 is 5.32 Å². The van der Waals surface area contributed by atoms with E-state index in [0.717, 1.165) is 11.8 Å². The molecule has 0 radical (unpaired) electrons. The Bertz CT molecular complexity index is 644. The molecule has 1 amide bonds. The lowest BCUT2D eigenvalue weighted by atomic mass is 10.1. The average molecular weight is 359 g/mol. The van der Waals surface area contributed by atoms with E-state index >= 15 is 0 Å². The summed E-state index contributed by atoms with van der Waals surface area (Å²) in [6, 6.07) is 0. The number of thioether (sulfide) groups is 1. The Morgan fingerprint density at radius 3 is 2.73 bits per heavy atom. The van der Waals surface area contributed by atoms with Crippen LogP contribution in [0, 0.1) is 0 Å². The highest BCUT2D eigenvalue weighted by atomic mass is 32.2. The van der Waals surface area contributed by atoms with Gasteiger partial charge in [0.05, 0.1) is 23.2 Å². The number of aromatic nitrogens is 2. The van der Waals surface area contributed by atoms with E-state index in [1.165, 1.54) is 0 Å². The fraction of sp³-hybridized carbons (Fsp3) is 0.700. The molecule has 1 fully saturated rings. The van der Waals surface area contributed by atoms with E-state index < -0.39 is 28.5 Å². The van der Waals surface area contributed by atoms with Gasteiger partial charge in [0, 0.05) is 0 Å². The largest absolute Gasteiger partial charge is 0.416 e. The van der Waals surface area contributed by atoms with Crippen LogP contribution in [0.15, 0.2) is 9.64 Å². The number of hydrogen-bond acceptors (Lipinski definition) is 7. The highest BCUT2D eigenvalue weighted by Gasteiger charge is 2.33. The number of carbonyl (C=O) groups excluding carboxylic acids is 1. The Labute approximate surface area is 128 Å². The number of rotatable bonds is 5. The first-order valence-electron chi connectivity index (χ1n) is 6.15. The summed E-state index contributed by atoms with van der Waals surface area (Å²) in [5.41, 5.74) is 0. The molecule has 1 aromatic heterocycles. The summed E-state index contributed by atoms with van der Waals surface area (Å²) in [6.45, 7) is -1.40. The van der Waals surface area contributed by atoms with Gasteiger partial charge in [0.15, 0.2) is 9.84 Å². The maximum absolute atomic E-state index is 11.9. The number of alkyl halides is 3. The van der Waals surface area contributed by atoms with Crippen LogP contribution in [-0.4, -0.2) is 54.5 Å². The van der Waals surface area contributed by atoms with E-state index in [1.54, 1.807) is 5.32 Å². The third kappa shape index (κ3) is 5.16. The summed E-state index contributed by atoms with van der Waals surface area (Å²) in [5.74, 6) is -1.33. The number of carbonyl (C=O) groups is 1. The summed E-state index contributed by atoms with van der Waals surface area (Å²) >= 11 is 0.790. The molecular weight excluding hydrogens is 347 g/mol. The van der Waals surface area contributed by atoms with Crippen LogP contribution in [0.1, 0.15) is 18.2 Å². The molecule has 7 nitrogen and oxygen atoms in total. The number of amides is 1. The minimum atomic E-state index is -4.47. The smallest absolute Gasteiger partial charge is 0.405 e. The van der Waals surface area contributed by atoms with Gasteiger partial charge in [0.25, 0.3) is 5.22 Å². The summed E-state index contributed by atoms with van der Waals surface area (Å²) in [4.78, 5) is 11.2. The van der Waals surface area contributed by atoms with Crippen molar-refractivity contribution in [3.05, 3.63) is 5.89 Å². The minimum Gasteiger partial charge on any atom is -0.416 e. The van der Waals surface area contributed by atoms with Crippen molar-refractivity contribution < 1.29 is 30.8 Å². The second kappa shape index (κ2) is 6.44. The van der Waals surface area contributed by atoms with Gasteiger partial charge in [0.1, 0.15) is 6.54 Å². The summed E-state index contributed by atoms with van der Waals surface area (Å²) in [5, 5.41) is 9.08. The van der Waals surface area contributed by atoms with Crippen LogP contribution in [0.4, 0.5) is 13.2 Å². The van der Waals surface area contributed by atoms with Crippen molar-refractivity contribution in [2.24, 2.45) is 0 Å². The summed E-state index contributed by atoms with van der Waals surface area (Å²) < 4.78 is 63.6. The Morgan fingerprint density at radius 1 is 1.41 bits per heavy atom. The van der Waals surface area contributed by atoms with Gasteiger partial charge in [0.2, 0.25) is 11.8 Å². The molecule has 1 aliphatic rings. The SMILES string of the molecule is O=C(CSc1nnc([C@H]2CCS(=O)(=O)C2)o1)NCC(F)(F)F. The predicted molar refractivity (Wildman–Crippen MR) is 70.1 cm³/mol. The van der Waals surface area contributed by atoms with Gasteiger partial charge >= 0.3 is 6.18 Å². The zero-order valence-electron chi connectivity index (χ0n) is 11.1. The quantitative estimate of drug-likeness (QED) is 0.774. The first kappa shape index (κ1) is 17.1. The molecular formula is C10H12F3N3O4S2. The zero-order valence-corrected chi connectivity index (χ0v) is 12.7. The van der Waals surface area contributed by atoms with Crippen molar-refractivity contribution in [1.29, 1.82) is 0 Å². The van der Waals surface area contributed by atoms with E-state index in [9.17, 15) is 26.4 Å². The van der Waals surface area contributed by atoms with Crippen LogP contribution in [0.2, 0.25) is 0 Å². The lowest BCUT2D eigenvalue weighted by molar-refractivity contribution is -0.136. The number of hydrogen-bond donors (Lipinski definition) is 1. The lowest BCUT2D eigenvalue weighted by Crippen LogP contribution is -2.34. The lowest BCUT2D eigenvalue weighted by Gasteiger charge is -2.07. The van der Waals surface area contributed by atoms with Crippen molar-refractivity contribution in [3.63, 3.8) is 0 Å². The average Bonchev–Trinajstić information content (AvgIpc) is 2.99. The molecule has 0 aliphatic carbocycles. The monoisotopic (exact) mass is 359 g/mol. The molecule has 1 atom stereocenters. The van der Waals surface area contributed by atoms with E-state index in [1.807, 2.05) is 0 Å². The predicted octanol–water partition coefficient (Wildman–Crippen LogP) is 0.742. The fourth-order valence-corrected chi connectivity index (χ4v) is 4.14. The zero-order chi connectivity index (χ0) is 16.4. The summed E-state index contributed by atoms with van der Waals surface area (Å²) in [6.07, 6.45) is -4.08. The van der Waals surface area contributed by atoms with E-state index in [4.69, 9.17) is 4.42 Å². The van der Waals surface area contributed by atoms with Gasteiger partial charge in [-0.05, 0) is 6.42 Å². The van der Waals surface area contributed by atoms with Crippen molar-refractivity contribution in [2.75, 3.05) is 23.8 Å². The standard InChI is InChI=1S/C10H12F3N3O4S2/c11-10(12,13)5-14-7(17)3-21-9-16-15-8(20-9)6-1-2-22(18,19)4-6/h6H,1-5H2,(H,14,17)/t6-/m0/s1. The molecule has 1 saturated heterocycles. The van der Waals surface area contributed by atoms with Gasteiger partial charge in [-0.15, -0.1) is 10.2 Å². The first-order chi connectivity index (χ1) is 10.1. The number of halogens is 3. The van der Waals surface area contributed by atoms with Gasteiger partial charge in [-0.1, -0.05) is 11.8 Å². The van der Waals surface area contributed by atoms with Crippen LogP contribution in [0.3, 0.4) is 0 Å². The second-order valence-electron chi connectivity index (χ2n) is 4.69. The fourth-order valence-electron chi connectivity index (χ4n) is 1.81. The molecule has 1 N–H and O–H groups in total. The molecule has 1 aromatic rings. The third-order valence-corrected chi connectivity index (χ3v) is 5.40. The Hall–Kier alpha value is -1.30. The van der Waals surface area contributed by atoms with Crippen LogP contribution in [0.5, 0.6) is 0 Å². The van der Waals surface area contributed by atoms with Crippen LogP contribution >= 0.6 is 11.8 Å². The van der Waals surface area contributed by atoms with Gasteiger partial charge in [-0.3, -0.25) is 4.79 Å². The van der Waals surface area contributed by atoms with E-state index in [2.05, 4.69) is 10.2 Å². The van der Waals surface area contributed by atoms with Crippen LogP contribution in [0.25, 0.3) is 0 Å².